The molecule has 0 saturated carbocycles. The van der Waals surface area contributed by atoms with Gasteiger partial charge in [0.05, 0.1) is 5.69 Å². The van der Waals surface area contributed by atoms with E-state index in [1.165, 1.54) is 46.8 Å². The van der Waals surface area contributed by atoms with E-state index in [9.17, 15) is 0 Å². The van der Waals surface area contributed by atoms with Crippen LogP contribution in [0.4, 0.5) is 0 Å². The maximum atomic E-state index is 4.81. The summed E-state index contributed by atoms with van der Waals surface area (Å²) in [5.74, 6) is 0. The van der Waals surface area contributed by atoms with Crippen LogP contribution in [0.25, 0.3) is 51.7 Å². The molecule has 0 radical (unpaired) electrons. The standard InChI is InChI=1S/C24H18N2S3/c1-24(2,3)16-11-14(10-13-6-8-28-22(13)16)21-20-19-15-7-9-27-17(15)4-5-18(19)29-23(20)26-12-25-21/h4-12H,1-3H3. The van der Waals surface area contributed by atoms with Crippen LogP contribution >= 0.6 is 34.0 Å². The molecule has 0 saturated heterocycles. The highest BCUT2D eigenvalue weighted by molar-refractivity contribution is 7.26. The smallest absolute Gasteiger partial charge is 0.128 e. The van der Waals surface area contributed by atoms with E-state index in [0.717, 1.165) is 10.5 Å². The fourth-order valence-electron chi connectivity index (χ4n) is 4.14. The van der Waals surface area contributed by atoms with E-state index in [0.29, 0.717) is 0 Å². The second-order valence-corrected chi connectivity index (χ2v) is 11.3. The van der Waals surface area contributed by atoms with Crippen LogP contribution in [0.3, 0.4) is 0 Å². The molecule has 0 aliphatic carbocycles. The van der Waals surface area contributed by atoms with Crippen LogP contribution in [-0.2, 0) is 5.41 Å². The van der Waals surface area contributed by atoms with E-state index in [-0.39, 0.29) is 5.41 Å². The monoisotopic (exact) mass is 430 g/mol. The van der Waals surface area contributed by atoms with Gasteiger partial charge >= 0.3 is 0 Å². The highest BCUT2D eigenvalue weighted by atomic mass is 32.1. The molecular formula is C24H18N2S3. The Bertz CT molecular complexity index is 1540. The molecule has 142 valence electrons. The van der Waals surface area contributed by atoms with E-state index in [4.69, 9.17) is 4.98 Å². The van der Waals surface area contributed by atoms with Gasteiger partial charge in [-0.15, -0.1) is 34.0 Å². The Balaban J connectivity index is 1.76. The van der Waals surface area contributed by atoms with E-state index < -0.39 is 0 Å². The van der Waals surface area contributed by atoms with Crippen LogP contribution in [0.15, 0.2) is 53.5 Å². The minimum absolute atomic E-state index is 0.0720. The summed E-state index contributed by atoms with van der Waals surface area (Å²) in [6.45, 7) is 6.86. The molecule has 4 heterocycles. The molecule has 2 aromatic carbocycles. The van der Waals surface area contributed by atoms with Crippen LogP contribution in [-0.4, -0.2) is 9.97 Å². The highest BCUT2D eigenvalue weighted by Crippen LogP contribution is 2.44. The van der Waals surface area contributed by atoms with Gasteiger partial charge in [-0.2, -0.15) is 0 Å². The second kappa shape index (κ2) is 6.08. The Morgan fingerprint density at radius 2 is 1.66 bits per heavy atom. The van der Waals surface area contributed by atoms with E-state index in [1.807, 2.05) is 11.3 Å². The number of hydrogen-bond acceptors (Lipinski definition) is 5. The Morgan fingerprint density at radius 3 is 2.52 bits per heavy atom. The summed E-state index contributed by atoms with van der Waals surface area (Å²) in [7, 11) is 0. The number of hydrogen-bond donors (Lipinski definition) is 0. The third-order valence-corrected chi connectivity index (χ3v) is 8.41. The zero-order valence-corrected chi connectivity index (χ0v) is 18.8. The Morgan fingerprint density at radius 1 is 0.828 bits per heavy atom. The SMILES string of the molecule is CC(C)(C)c1cc(-c2ncnc3sc4ccc5sccc5c4c23)cc2ccsc12. The molecule has 0 N–H and O–H groups in total. The number of fused-ring (bicyclic) bond motifs is 6. The van der Waals surface area contributed by atoms with Gasteiger partial charge in [-0.05, 0) is 63.5 Å². The van der Waals surface area contributed by atoms with Crippen LogP contribution in [0.1, 0.15) is 26.3 Å². The van der Waals surface area contributed by atoms with E-state index in [1.54, 1.807) is 29.0 Å². The topological polar surface area (TPSA) is 25.8 Å². The van der Waals surface area contributed by atoms with Gasteiger partial charge in [-0.1, -0.05) is 20.8 Å². The molecule has 2 nitrogen and oxygen atoms in total. The molecule has 0 fully saturated rings. The number of aromatic nitrogens is 2. The number of benzene rings is 2. The first-order chi connectivity index (χ1) is 14.0. The molecule has 6 rings (SSSR count). The Kier molecular flexibility index (Phi) is 3.67. The molecule has 0 aliphatic rings. The van der Waals surface area contributed by atoms with Crippen molar-refractivity contribution in [1.29, 1.82) is 0 Å². The third kappa shape index (κ3) is 2.58. The fourth-order valence-corrected chi connectivity index (χ4v) is 7.10. The van der Waals surface area contributed by atoms with Crippen molar-refractivity contribution in [2.24, 2.45) is 0 Å². The molecule has 0 unspecified atom stereocenters. The van der Waals surface area contributed by atoms with E-state index >= 15 is 0 Å². The maximum Gasteiger partial charge on any atom is 0.128 e. The highest BCUT2D eigenvalue weighted by Gasteiger charge is 2.21. The average Bonchev–Trinajstić information content (AvgIpc) is 3.41. The normalized spacial score (nSPS) is 12.7. The first-order valence-corrected chi connectivity index (χ1v) is 12.1. The summed E-state index contributed by atoms with van der Waals surface area (Å²) in [6, 6.07) is 13.5. The Labute approximate surface area is 180 Å². The van der Waals surface area contributed by atoms with Gasteiger partial charge in [0.15, 0.2) is 0 Å². The minimum Gasteiger partial charge on any atom is -0.236 e. The third-order valence-electron chi connectivity index (χ3n) is 5.50. The van der Waals surface area contributed by atoms with Gasteiger partial charge in [0, 0.05) is 35.8 Å². The Hall–Kier alpha value is -2.34. The van der Waals surface area contributed by atoms with Crippen molar-refractivity contribution in [2.45, 2.75) is 26.2 Å². The summed E-state index contributed by atoms with van der Waals surface area (Å²) in [5, 5.41) is 9.44. The molecule has 0 aliphatic heterocycles. The maximum absolute atomic E-state index is 4.81. The molecule has 4 aromatic heterocycles. The molecule has 0 bridgehead atoms. The summed E-state index contributed by atoms with van der Waals surface area (Å²) in [6.07, 6.45) is 1.71. The van der Waals surface area contributed by atoms with Crippen molar-refractivity contribution in [3.63, 3.8) is 0 Å². The lowest BCUT2D eigenvalue weighted by Crippen LogP contribution is -2.11. The second-order valence-electron chi connectivity index (χ2n) is 8.39. The van der Waals surface area contributed by atoms with Crippen molar-refractivity contribution >= 4 is 74.5 Å². The molecule has 0 amide bonds. The van der Waals surface area contributed by atoms with Crippen molar-refractivity contribution < 1.29 is 0 Å². The first kappa shape index (κ1) is 17.5. The van der Waals surface area contributed by atoms with Gasteiger partial charge < -0.3 is 0 Å². The predicted molar refractivity (Wildman–Crippen MR) is 130 cm³/mol. The van der Waals surface area contributed by atoms with Crippen LogP contribution in [0, 0.1) is 0 Å². The van der Waals surface area contributed by atoms with Crippen molar-refractivity contribution in [1.82, 2.24) is 9.97 Å². The number of rotatable bonds is 1. The van der Waals surface area contributed by atoms with Crippen LogP contribution in [0.5, 0.6) is 0 Å². The van der Waals surface area contributed by atoms with Crippen molar-refractivity contribution in [2.75, 3.05) is 0 Å². The van der Waals surface area contributed by atoms with Gasteiger partial charge in [-0.3, -0.25) is 0 Å². The molecule has 6 aromatic rings. The molecule has 0 spiro atoms. The van der Waals surface area contributed by atoms with Gasteiger partial charge in [0.2, 0.25) is 0 Å². The lowest BCUT2D eigenvalue weighted by molar-refractivity contribution is 0.597. The summed E-state index contributed by atoms with van der Waals surface area (Å²) >= 11 is 5.38. The molecule has 0 atom stereocenters. The summed E-state index contributed by atoms with van der Waals surface area (Å²) in [4.78, 5) is 10.5. The minimum atomic E-state index is 0.0720. The van der Waals surface area contributed by atoms with E-state index in [2.05, 4.69) is 72.9 Å². The zero-order valence-electron chi connectivity index (χ0n) is 16.3. The first-order valence-electron chi connectivity index (χ1n) is 9.56. The number of thiophene rings is 3. The number of nitrogens with zero attached hydrogens (tertiary/aromatic N) is 2. The lowest BCUT2D eigenvalue weighted by Gasteiger charge is -2.21. The molecular weight excluding hydrogens is 412 g/mol. The lowest BCUT2D eigenvalue weighted by atomic mass is 9.85. The average molecular weight is 431 g/mol. The predicted octanol–water partition coefficient (Wildman–Crippen LogP) is 8.24. The van der Waals surface area contributed by atoms with Gasteiger partial charge in [0.1, 0.15) is 11.2 Å². The summed E-state index contributed by atoms with van der Waals surface area (Å²) in [5.41, 5.74) is 3.67. The largest absolute Gasteiger partial charge is 0.236 e. The fraction of sp³-hybridized carbons (Fsp3) is 0.167. The quantitative estimate of drug-likeness (QED) is 0.262. The van der Waals surface area contributed by atoms with Crippen LogP contribution < -0.4 is 0 Å². The molecule has 29 heavy (non-hydrogen) atoms. The van der Waals surface area contributed by atoms with Gasteiger partial charge in [0.25, 0.3) is 0 Å². The van der Waals surface area contributed by atoms with Crippen molar-refractivity contribution in [3.8, 4) is 11.3 Å². The zero-order chi connectivity index (χ0) is 19.8. The van der Waals surface area contributed by atoms with Crippen LogP contribution in [0.2, 0.25) is 0 Å². The summed E-state index contributed by atoms with van der Waals surface area (Å²) < 4.78 is 3.97. The molecule has 5 heteroatoms. The van der Waals surface area contributed by atoms with Crippen molar-refractivity contribution in [3.05, 3.63) is 59.0 Å². The van der Waals surface area contributed by atoms with Gasteiger partial charge in [-0.25, -0.2) is 9.97 Å².